The zero-order chi connectivity index (χ0) is 11.6. The van der Waals surface area contributed by atoms with Crippen LogP contribution in [0.15, 0.2) is 29.2 Å². The van der Waals surface area contributed by atoms with Crippen molar-refractivity contribution in [2.24, 2.45) is 0 Å². The molecule has 0 aliphatic heterocycles. The lowest BCUT2D eigenvalue weighted by molar-refractivity contribution is -0.121. The van der Waals surface area contributed by atoms with Gasteiger partial charge in [0.2, 0.25) is 5.91 Å². The summed E-state index contributed by atoms with van der Waals surface area (Å²) in [4.78, 5) is 10.8. The van der Waals surface area contributed by atoms with Crippen LogP contribution in [0.2, 0.25) is 0 Å². The summed E-state index contributed by atoms with van der Waals surface area (Å²) < 4.78 is 22.7. The minimum atomic E-state index is -3.47. The lowest BCUT2D eigenvalue weighted by atomic mass is 10.3. The van der Waals surface area contributed by atoms with Gasteiger partial charge < -0.3 is 0 Å². The molecule has 0 unspecified atom stereocenters. The molecule has 1 aromatic carbocycles. The molecule has 0 saturated carbocycles. The smallest absolute Gasteiger partial charge is 0.247 e. The molecule has 15 heavy (non-hydrogen) atoms. The van der Waals surface area contributed by atoms with E-state index in [4.69, 9.17) is 0 Å². The molecule has 1 N–H and O–H groups in total. The summed E-state index contributed by atoms with van der Waals surface area (Å²) in [5.74, 6) is -0.647. The van der Waals surface area contributed by atoms with Gasteiger partial charge in [0.25, 0.3) is 0 Å². The Bertz CT molecular complexity index is 481. The monoisotopic (exact) mass is 229 g/mol. The summed E-state index contributed by atoms with van der Waals surface area (Å²) in [7, 11) is -3.47. The van der Waals surface area contributed by atoms with Crippen LogP contribution in [0.4, 0.5) is 5.69 Å². The normalized spacial score (nSPS) is 11.1. The van der Waals surface area contributed by atoms with Crippen molar-refractivity contribution in [1.29, 1.82) is 0 Å². The Hall–Kier alpha value is -1.40. The first kappa shape index (κ1) is 11.7. The maximum Gasteiger partial charge on any atom is 0.247 e. The van der Waals surface area contributed by atoms with E-state index >= 15 is 0 Å². The lowest BCUT2D eigenvalue weighted by Crippen LogP contribution is -2.25. The topological polar surface area (TPSA) is 74.7 Å². The number of rotatable bonds is 2. The first-order valence-corrected chi connectivity index (χ1v) is 6.02. The van der Waals surface area contributed by atoms with Crippen molar-refractivity contribution < 1.29 is 18.4 Å². The Balaban J connectivity index is 3.37. The minimum Gasteiger partial charge on any atom is -0.281 e. The maximum absolute atomic E-state index is 11.3. The van der Waals surface area contributed by atoms with Crippen molar-refractivity contribution >= 4 is 21.4 Å². The van der Waals surface area contributed by atoms with Gasteiger partial charge in [0.05, 0.1) is 10.6 Å². The molecule has 0 radical (unpaired) electrons. The molecule has 0 aromatic heterocycles. The number of hydroxylamine groups is 1. The van der Waals surface area contributed by atoms with E-state index in [1.165, 1.54) is 24.3 Å². The van der Waals surface area contributed by atoms with Crippen LogP contribution in [0.25, 0.3) is 0 Å². The highest BCUT2D eigenvalue weighted by Gasteiger charge is 2.18. The standard InChI is InChI=1S/C9H11NO4S/c1-7(11)10(12)8-5-3-4-6-9(8)15(2,13)14/h3-6,12H,1-2H3. The average Bonchev–Trinajstić information content (AvgIpc) is 2.15. The molecule has 0 aliphatic carbocycles. The number of hydrogen-bond acceptors (Lipinski definition) is 4. The molecule has 1 rings (SSSR count). The van der Waals surface area contributed by atoms with Gasteiger partial charge >= 0.3 is 0 Å². The van der Waals surface area contributed by atoms with Crippen molar-refractivity contribution in [2.75, 3.05) is 11.3 Å². The fourth-order valence-corrected chi connectivity index (χ4v) is 1.98. The summed E-state index contributed by atoms with van der Waals surface area (Å²) >= 11 is 0. The molecule has 6 heteroatoms. The quantitative estimate of drug-likeness (QED) is 0.602. The number of hydrogen-bond donors (Lipinski definition) is 1. The molecular formula is C9H11NO4S. The molecule has 5 nitrogen and oxygen atoms in total. The molecule has 0 bridgehead atoms. The number of carbonyl (C=O) groups is 1. The summed E-state index contributed by atoms with van der Waals surface area (Å²) in [5, 5.41) is 9.68. The van der Waals surface area contributed by atoms with Gasteiger partial charge in [0, 0.05) is 13.2 Å². The molecule has 0 heterocycles. The van der Waals surface area contributed by atoms with Gasteiger partial charge in [0.15, 0.2) is 9.84 Å². The largest absolute Gasteiger partial charge is 0.281 e. The molecule has 0 fully saturated rings. The molecule has 0 saturated heterocycles. The van der Waals surface area contributed by atoms with E-state index in [9.17, 15) is 18.4 Å². The number of benzene rings is 1. The third-order valence-electron chi connectivity index (χ3n) is 1.79. The van der Waals surface area contributed by atoms with E-state index in [1.807, 2.05) is 0 Å². The first-order chi connectivity index (χ1) is 6.84. The van der Waals surface area contributed by atoms with Crippen LogP contribution in [0.5, 0.6) is 0 Å². The second-order valence-corrected chi connectivity index (χ2v) is 5.05. The van der Waals surface area contributed by atoms with Gasteiger partial charge in [-0.3, -0.25) is 10.0 Å². The highest BCUT2D eigenvalue weighted by atomic mass is 32.2. The van der Waals surface area contributed by atoms with Crippen LogP contribution in [0.3, 0.4) is 0 Å². The van der Waals surface area contributed by atoms with Crippen molar-refractivity contribution in [3.05, 3.63) is 24.3 Å². The maximum atomic E-state index is 11.3. The second-order valence-electron chi connectivity index (χ2n) is 3.07. The fraction of sp³-hybridized carbons (Fsp3) is 0.222. The van der Waals surface area contributed by atoms with Gasteiger partial charge in [-0.2, -0.15) is 5.06 Å². The number of amides is 1. The van der Waals surface area contributed by atoms with Gasteiger partial charge in [-0.15, -0.1) is 0 Å². The molecule has 1 aromatic rings. The van der Waals surface area contributed by atoms with Crippen LogP contribution in [-0.2, 0) is 14.6 Å². The van der Waals surface area contributed by atoms with Crippen LogP contribution in [-0.4, -0.2) is 25.8 Å². The van der Waals surface area contributed by atoms with E-state index in [0.29, 0.717) is 5.06 Å². The van der Waals surface area contributed by atoms with Crippen LogP contribution in [0.1, 0.15) is 6.92 Å². The molecule has 1 amide bonds. The average molecular weight is 229 g/mol. The predicted octanol–water partition coefficient (Wildman–Crippen LogP) is 0.832. The summed E-state index contributed by atoms with van der Waals surface area (Å²) in [6.07, 6.45) is 1.01. The zero-order valence-electron chi connectivity index (χ0n) is 8.34. The molecule has 0 aliphatic rings. The van der Waals surface area contributed by atoms with Crippen molar-refractivity contribution in [3.63, 3.8) is 0 Å². The first-order valence-electron chi connectivity index (χ1n) is 4.12. The third kappa shape index (κ3) is 2.54. The van der Waals surface area contributed by atoms with Crippen LogP contribution < -0.4 is 5.06 Å². The van der Waals surface area contributed by atoms with E-state index in [2.05, 4.69) is 0 Å². The minimum absolute atomic E-state index is 0.0347. The van der Waals surface area contributed by atoms with Crippen LogP contribution >= 0.6 is 0 Å². The lowest BCUT2D eigenvalue weighted by Gasteiger charge is -2.15. The SMILES string of the molecule is CC(=O)N(O)c1ccccc1S(C)(=O)=O. The van der Waals surface area contributed by atoms with Gasteiger partial charge in [0.1, 0.15) is 0 Å². The Morgan fingerprint density at radius 1 is 1.33 bits per heavy atom. The zero-order valence-corrected chi connectivity index (χ0v) is 9.15. The highest BCUT2D eigenvalue weighted by Crippen LogP contribution is 2.23. The number of carbonyl (C=O) groups excluding carboxylic acids is 1. The van der Waals surface area contributed by atoms with E-state index in [1.54, 1.807) is 0 Å². The van der Waals surface area contributed by atoms with E-state index in [0.717, 1.165) is 13.2 Å². The van der Waals surface area contributed by atoms with Gasteiger partial charge in [-0.25, -0.2) is 8.42 Å². The Morgan fingerprint density at radius 3 is 2.33 bits per heavy atom. The van der Waals surface area contributed by atoms with Crippen molar-refractivity contribution in [1.82, 2.24) is 0 Å². The van der Waals surface area contributed by atoms with E-state index < -0.39 is 15.7 Å². The van der Waals surface area contributed by atoms with Crippen molar-refractivity contribution in [2.45, 2.75) is 11.8 Å². The molecule has 0 atom stereocenters. The number of para-hydroxylation sites is 1. The number of sulfone groups is 1. The number of anilines is 1. The Labute approximate surface area is 87.8 Å². The third-order valence-corrected chi connectivity index (χ3v) is 2.94. The summed E-state index contributed by atoms with van der Waals surface area (Å²) in [5.41, 5.74) is -0.0347. The summed E-state index contributed by atoms with van der Waals surface area (Å²) in [6.45, 7) is 1.14. The fourth-order valence-electron chi connectivity index (χ4n) is 1.12. The molecule has 0 spiro atoms. The second kappa shape index (κ2) is 4.00. The molecular weight excluding hydrogens is 218 g/mol. The molecule has 82 valence electrons. The van der Waals surface area contributed by atoms with E-state index in [-0.39, 0.29) is 10.6 Å². The van der Waals surface area contributed by atoms with Gasteiger partial charge in [-0.1, -0.05) is 12.1 Å². The summed E-state index contributed by atoms with van der Waals surface area (Å²) in [6, 6.07) is 5.75. The Morgan fingerprint density at radius 2 is 1.87 bits per heavy atom. The highest BCUT2D eigenvalue weighted by molar-refractivity contribution is 7.90. The predicted molar refractivity (Wildman–Crippen MR) is 54.5 cm³/mol. The van der Waals surface area contributed by atoms with Gasteiger partial charge in [-0.05, 0) is 12.1 Å². The number of nitrogens with zero attached hydrogens (tertiary/aromatic N) is 1. The van der Waals surface area contributed by atoms with Crippen LogP contribution in [0, 0.1) is 0 Å². The Kier molecular flexibility index (Phi) is 3.11. The van der Waals surface area contributed by atoms with Crippen molar-refractivity contribution in [3.8, 4) is 0 Å².